The molecule has 1 unspecified atom stereocenters. The van der Waals surface area contributed by atoms with E-state index in [4.69, 9.17) is 4.42 Å². The quantitative estimate of drug-likeness (QED) is 0.338. The van der Waals surface area contributed by atoms with Crippen molar-refractivity contribution in [3.8, 4) is 0 Å². The van der Waals surface area contributed by atoms with Gasteiger partial charge in [-0.05, 0) is 50.5 Å². The molecule has 6 nitrogen and oxygen atoms in total. The van der Waals surface area contributed by atoms with Crippen LogP contribution in [0.5, 0.6) is 0 Å². The number of guanidine groups is 1. The molecule has 1 aromatic heterocycles. The van der Waals surface area contributed by atoms with Gasteiger partial charge in [-0.15, -0.1) is 24.0 Å². The SMILES string of the molecule is CN=C(NCc1nc(C)c(C)o1)NCC1CCN(c2ccc(Br)cc2)C1.I. The molecule has 0 spiro atoms. The fourth-order valence-electron chi connectivity index (χ4n) is 3.12. The molecule has 27 heavy (non-hydrogen) atoms. The lowest BCUT2D eigenvalue weighted by atomic mass is 10.1. The van der Waals surface area contributed by atoms with Gasteiger partial charge < -0.3 is 20.0 Å². The number of oxazole rings is 1. The number of aromatic nitrogens is 1. The number of anilines is 1. The number of aliphatic imine (C=N–C) groups is 1. The van der Waals surface area contributed by atoms with Gasteiger partial charge in [-0.3, -0.25) is 4.99 Å². The molecule has 0 amide bonds. The minimum absolute atomic E-state index is 0. The molecule has 1 aliphatic rings. The Hall–Kier alpha value is -1.29. The maximum absolute atomic E-state index is 5.59. The van der Waals surface area contributed by atoms with Crippen LogP contribution in [0.1, 0.15) is 23.8 Å². The minimum atomic E-state index is 0. The molecule has 0 bridgehead atoms. The van der Waals surface area contributed by atoms with E-state index >= 15 is 0 Å². The van der Waals surface area contributed by atoms with Gasteiger partial charge in [0.1, 0.15) is 5.76 Å². The summed E-state index contributed by atoms with van der Waals surface area (Å²) in [6.45, 7) is 7.46. The molecule has 1 saturated heterocycles. The number of benzene rings is 1. The van der Waals surface area contributed by atoms with Crippen LogP contribution in [0.15, 0.2) is 38.1 Å². The molecule has 0 saturated carbocycles. The lowest BCUT2D eigenvalue weighted by molar-refractivity contribution is 0.463. The summed E-state index contributed by atoms with van der Waals surface area (Å²) in [4.78, 5) is 11.1. The van der Waals surface area contributed by atoms with Crippen molar-refractivity contribution in [2.45, 2.75) is 26.8 Å². The van der Waals surface area contributed by atoms with E-state index in [-0.39, 0.29) is 24.0 Å². The van der Waals surface area contributed by atoms with Gasteiger partial charge in [0.15, 0.2) is 5.96 Å². The molecule has 0 aliphatic carbocycles. The topological polar surface area (TPSA) is 65.7 Å². The number of nitrogens with zero attached hydrogens (tertiary/aromatic N) is 3. The third-order valence-electron chi connectivity index (χ3n) is 4.74. The molecule has 2 N–H and O–H groups in total. The second-order valence-corrected chi connectivity index (χ2v) is 7.55. The van der Waals surface area contributed by atoms with Crippen LogP contribution in [-0.2, 0) is 6.54 Å². The fraction of sp³-hybridized carbons (Fsp3) is 0.474. The van der Waals surface area contributed by atoms with Crippen LogP contribution < -0.4 is 15.5 Å². The molecule has 1 atom stereocenters. The summed E-state index contributed by atoms with van der Waals surface area (Å²) in [6.07, 6.45) is 1.18. The summed E-state index contributed by atoms with van der Waals surface area (Å²) in [6, 6.07) is 8.53. The standard InChI is InChI=1S/C19H26BrN5O.HI/c1-13-14(2)26-18(24-13)11-23-19(21-3)22-10-15-8-9-25(12-15)17-6-4-16(20)5-7-17;/h4-7,15H,8-12H2,1-3H3,(H2,21,22,23);1H. The fourth-order valence-corrected chi connectivity index (χ4v) is 3.39. The number of rotatable bonds is 5. The van der Waals surface area contributed by atoms with Crippen LogP contribution in [-0.4, -0.2) is 37.6 Å². The zero-order valence-electron chi connectivity index (χ0n) is 16.0. The first-order valence-corrected chi connectivity index (χ1v) is 9.72. The van der Waals surface area contributed by atoms with Crippen LogP contribution in [0.4, 0.5) is 5.69 Å². The molecule has 1 aliphatic heterocycles. The van der Waals surface area contributed by atoms with Gasteiger partial charge in [0.05, 0.1) is 12.2 Å². The van der Waals surface area contributed by atoms with Crippen LogP contribution in [0, 0.1) is 19.8 Å². The first kappa shape index (κ1) is 22.0. The second-order valence-electron chi connectivity index (χ2n) is 6.63. The zero-order chi connectivity index (χ0) is 18.5. The van der Waals surface area contributed by atoms with E-state index in [0.29, 0.717) is 18.4 Å². The van der Waals surface area contributed by atoms with Crippen molar-refractivity contribution in [3.05, 3.63) is 46.1 Å². The van der Waals surface area contributed by atoms with Crippen molar-refractivity contribution in [2.24, 2.45) is 10.9 Å². The molecule has 8 heteroatoms. The Kier molecular flexibility index (Phi) is 8.40. The van der Waals surface area contributed by atoms with Crippen molar-refractivity contribution < 1.29 is 4.42 Å². The van der Waals surface area contributed by atoms with Gasteiger partial charge in [-0.25, -0.2) is 4.98 Å². The minimum Gasteiger partial charge on any atom is -0.444 e. The monoisotopic (exact) mass is 547 g/mol. The summed E-state index contributed by atoms with van der Waals surface area (Å²) in [5.74, 6) is 2.93. The lowest BCUT2D eigenvalue weighted by Gasteiger charge is -2.19. The number of nitrogens with one attached hydrogen (secondary N) is 2. The van der Waals surface area contributed by atoms with E-state index < -0.39 is 0 Å². The summed E-state index contributed by atoms with van der Waals surface area (Å²) in [7, 11) is 1.78. The van der Waals surface area contributed by atoms with Gasteiger partial charge in [-0.2, -0.15) is 0 Å². The van der Waals surface area contributed by atoms with Gasteiger partial charge in [0.25, 0.3) is 0 Å². The van der Waals surface area contributed by atoms with Crippen LogP contribution in [0.2, 0.25) is 0 Å². The first-order valence-electron chi connectivity index (χ1n) is 8.93. The molecular weight excluding hydrogens is 521 g/mol. The smallest absolute Gasteiger partial charge is 0.214 e. The molecule has 1 aromatic carbocycles. The highest BCUT2D eigenvalue weighted by Gasteiger charge is 2.22. The normalized spacial score (nSPS) is 17.0. The molecule has 2 heterocycles. The lowest BCUT2D eigenvalue weighted by Crippen LogP contribution is -2.40. The Balaban J connectivity index is 0.00000261. The first-order chi connectivity index (χ1) is 12.5. The molecule has 3 rings (SSSR count). The van der Waals surface area contributed by atoms with Crippen molar-refractivity contribution in [2.75, 3.05) is 31.6 Å². The summed E-state index contributed by atoms with van der Waals surface area (Å²) in [5, 5.41) is 6.68. The van der Waals surface area contributed by atoms with E-state index in [1.807, 2.05) is 13.8 Å². The largest absolute Gasteiger partial charge is 0.444 e. The number of hydrogen-bond acceptors (Lipinski definition) is 4. The van der Waals surface area contributed by atoms with E-state index in [2.05, 4.69) is 65.7 Å². The molecule has 2 aromatic rings. The molecule has 0 radical (unpaired) electrons. The third-order valence-corrected chi connectivity index (χ3v) is 5.27. The predicted octanol–water partition coefficient (Wildman–Crippen LogP) is 3.86. The summed E-state index contributed by atoms with van der Waals surface area (Å²) >= 11 is 3.49. The van der Waals surface area contributed by atoms with Crippen LogP contribution in [0.3, 0.4) is 0 Å². The number of hydrogen-bond donors (Lipinski definition) is 2. The predicted molar refractivity (Wildman–Crippen MR) is 124 cm³/mol. The molecular formula is C19H27BrIN5O. The zero-order valence-corrected chi connectivity index (χ0v) is 19.9. The second kappa shape index (κ2) is 10.3. The molecule has 148 valence electrons. The van der Waals surface area contributed by atoms with Gasteiger partial charge in [0.2, 0.25) is 5.89 Å². The highest BCUT2D eigenvalue weighted by molar-refractivity contribution is 14.0. The summed E-state index contributed by atoms with van der Waals surface area (Å²) in [5.41, 5.74) is 2.22. The van der Waals surface area contributed by atoms with Crippen LogP contribution >= 0.6 is 39.9 Å². The maximum Gasteiger partial charge on any atom is 0.214 e. The van der Waals surface area contributed by atoms with Crippen LogP contribution in [0.25, 0.3) is 0 Å². The third kappa shape index (κ3) is 6.10. The van der Waals surface area contributed by atoms with Gasteiger partial charge in [0, 0.05) is 36.8 Å². The van der Waals surface area contributed by atoms with Gasteiger partial charge in [-0.1, -0.05) is 15.9 Å². The Morgan fingerprint density at radius 2 is 2.04 bits per heavy atom. The maximum atomic E-state index is 5.59. The Morgan fingerprint density at radius 1 is 1.30 bits per heavy atom. The van der Waals surface area contributed by atoms with E-state index in [1.54, 1.807) is 7.05 Å². The average molecular weight is 548 g/mol. The van der Waals surface area contributed by atoms with E-state index in [0.717, 1.165) is 41.5 Å². The Morgan fingerprint density at radius 3 is 2.67 bits per heavy atom. The number of aryl methyl sites for hydroxylation is 2. The van der Waals surface area contributed by atoms with E-state index in [9.17, 15) is 0 Å². The summed E-state index contributed by atoms with van der Waals surface area (Å²) < 4.78 is 6.71. The van der Waals surface area contributed by atoms with Gasteiger partial charge >= 0.3 is 0 Å². The van der Waals surface area contributed by atoms with Crippen molar-refractivity contribution >= 4 is 51.6 Å². The average Bonchev–Trinajstić information content (AvgIpc) is 3.23. The Bertz CT molecular complexity index is 742. The highest BCUT2D eigenvalue weighted by atomic mass is 127. The van der Waals surface area contributed by atoms with Crippen molar-refractivity contribution in [1.82, 2.24) is 15.6 Å². The number of halogens is 2. The Labute approximate surface area is 186 Å². The highest BCUT2D eigenvalue weighted by Crippen LogP contribution is 2.24. The van der Waals surface area contributed by atoms with Crippen molar-refractivity contribution in [3.63, 3.8) is 0 Å². The van der Waals surface area contributed by atoms with E-state index in [1.165, 1.54) is 12.1 Å². The molecule has 1 fully saturated rings. The van der Waals surface area contributed by atoms with Crippen molar-refractivity contribution in [1.29, 1.82) is 0 Å².